The second-order valence-corrected chi connectivity index (χ2v) is 7.58. The van der Waals surface area contributed by atoms with Gasteiger partial charge in [0.05, 0.1) is 24.7 Å². The lowest BCUT2D eigenvalue weighted by molar-refractivity contribution is -0.132. The molecule has 1 unspecified atom stereocenters. The molecule has 22 heavy (non-hydrogen) atoms. The average Bonchev–Trinajstić information content (AvgIpc) is 3.39. The minimum atomic E-state index is 0.134. The van der Waals surface area contributed by atoms with E-state index >= 15 is 0 Å². The van der Waals surface area contributed by atoms with Gasteiger partial charge >= 0.3 is 0 Å². The predicted molar refractivity (Wildman–Crippen MR) is 86.8 cm³/mol. The maximum atomic E-state index is 12.5. The summed E-state index contributed by atoms with van der Waals surface area (Å²) in [5.41, 5.74) is 0. The van der Waals surface area contributed by atoms with Gasteiger partial charge in [0, 0.05) is 25.2 Å². The number of hydrogen-bond acceptors (Lipinski definition) is 4. The van der Waals surface area contributed by atoms with E-state index in [1.807, 2.05) is 4.90 Å². The number of carbonyl (C=O) groups excluding carboxylic acids is 2. The van der Waals surface area contributed by atoms with Gasteiger partial charge in [-0.3, -0.25) is 9.59 Å². The quantitative estimate of drug-likeness (QED) is 0.709. The second-order valence-electron chi connectivity index (χ2n) is 6.60. The molecule has 6 heteroatoms. The molecular formula is C16H26N2O3S. The Morgan fingerprint density at radius 3 is 2.45 bits per heavy atom. The monoisotopic (exact) mass is 326 g/mol. The van der Waals surface area contributed by atoms with Crippen LogP contribution >= 0.6 is 11.8 Å². The van der Waals surface area contributed by atoms with Crippen LogP contribution in [0.4, 0.5) is 0 Å². The Bertz CT molecular complexity index is 418. The van der Waals surface area contributed by atoms with Crippen LogP contribution in [0.5, 0.6) is 0 Å². The van der Waals surface area contributed by atoms with E-state index in [1.165, 1.54) is 24.6 Å². The third kappa shape index (κ3) is 4.16. The molecule has 2 aliphatic carbocycles. The van der Waals surface area contributed by atoms with Crippen molar-refractivity contribution < 1.29 is 14.3 Å². The van der Waals surface area contributed by atoms with E-state index < -0.39 is 0 Å². The van der Waals surface area contributed by atoms with Crippen LogP contribution in [0, 0.1) is 5.92 Å². The maximum Gasteiger partial charge on any atom is 0.233 e. The van der Waals surface area contributed by atoms with Crippen molar-refractivity contribution in [3.8, 4) is 0 Å². The Morgan fingerprint density at radius 2 is 1.86 bits per heavy atom. The van der Waals surface area contributed by atoms with Gasteiger partial charge in [-0.15, -0.1) is 11.8 Å². The normalized spacial score (nSPS) is 23.2. The van der Waals surface area contributed by atoms with Crippen LogP contribution in [0.1, 0.15) is 32.6 Å². The Hall–Kier alpha value is -0.750. The summed E-state index contributed by atoms with van der Waals surface area (Å²) >= 11 is 1.46. The SMILES string of the molecule is CC(C1CC1)N(C(=O)CSCC(=O)N1CCOCC1)C1CC1. The number of thioether (sulfide) groups is 1. The van der Waals surface area contributed by atoms with Gasteiger partial charge < -0.3 is 14.5 Å². The topological polar surface area (TPSA) is 49.9 Å². The molecule has 124 valence electrons. The van der Waals surface area contributed by atoms with Crippen LogP contribution in [0.2, 0.25) is 0 Å². The van der Waals surface area contributed by atoms with Gasteiger partial charge in [-0.05, 0) is 38.5 Å². The van der Waals surface area contributed by atoms with Crippen LogP contribution in [0.15, 0.2) is 0 Å². The first-order chi connectivity index (χ1) is 10.7. The van der Waals surface area contributed by atoms with E-state index in [2.05, 4.69) is 11.8 Å². The zero-order valence-electron chi connectivity index (χ0n) is 13.3. The number of rotatable bonds is 7. The Balaban J connectivity index is 1.41. The molecule has 0 aromatic rings. The van der Waals surface area contributed by atoms with Gasteiger partial charge in [0.2, 0.25) is 11.8 Å². The standard InChI is InChI=1S/C16H26N2O3S/c1-12(13-2-3-13)18(14-4-5-14)16(20)11-22-10-15(19)17-6-8-21-9-7-17/h12-14H,2-11H2,1H3. The molecule has 1 heterocycles. The molecule has 0 aromatic heterocycles. The van der Waals surface area contributed by atoms with Crippen molar-refractivity contribution in [2.24, 2.45) is 5.92 Å². The van der Waals surface area contributed by atoms with Crippen molar-refractivity contribution in [1.29, 1.82) is 0 Å². The molecular weight excluding hydrogens is 300 g/mol. The van der Waals surface area contributed by atoms with Crippen molar-refractivity contribution in [2.75, 3.05) is 37.8 Å². The smallest absolute Gasteiger partial charge is 0.233 e. The van der Waals surface area contributed by atoms with Crippen molar-refractivity contribution in [3.05, 3.63) is 0 Å². The highest BCUT2D eigenvalue weighted by Crippen LogP contribution is 2.39. The molecule has 0 aromatic carbocycles. The fourth-order valence-electron chi connectivity index (χ4n) is 3.13. The number of amides is 2. The van der Waals surface area contributed by atoms with Crippen molar-refractivity contribution in [1.82, 2.24) is 9.80 Å². The molecule has 0 radical (unpaired) electrons. The minimum absolute atomic E-state index is 0.134. The maximum absolute atomic E-state index is 12.5. The van der Waals surface area contributed by atoms with E-state index in [9.17, 15) is 9.59 Å². The molecule has 0 spiro atoms. The van der Waals surface area contributed by atoms with E-state index in [4.69, 9.17) is 4.74 Å². The number of nitrogens with zero attached hydrogens (tertiary/aromatic N) is 2. The van der Waals surface area contributed by atoms with Crippen LogP contribution in [-0.2, 0) is 14.3 Å². The summed E-state index contributed by atoms with van der Waals surface area (Å²) in [7, 11) is 0. The molecule has 2 saturated carbocycles. The first kappa shape index (κ1) is 16.1. The fourth-order valence-corrected chi connectivity index (χ4v) is 3.91. The third-order valence-corrected chi connectivity index (χ3v) is 5.69. The zero-order chi connectivity index (χ0) is 15.5. The van der Waals surface area contributed by atoms with E-state index in [0.29, 0.717) is 55.8 Å². The highest BCUT2D eigenvalue weighted by molar-refractivity contribution is 8.00. The summed E-state index contributed by atoms with van der Waals surface area (Å²) in [6, 6.07) is 0.856. The van der Waals surface area contributed by atoms with Crippen LogP contribution in [0.3, 0.4) is 0 Å². The van der Waals surface area contributed by atoms with Gasteiger partial charge in [-0.25, -0.2) is 0 Å². The Labute approximate surface area is 136 Å². The highest BCUT2D eigenvalue weighted by Gasteiger charge is 2.41. The zero-order valence-corrected chi connectivity index (χ0v) is 14.1. The fraction of sp³-hybridized carbons (Fsp3) is 0.875. The lowest BCUT2D eigenvalue weighted by atomic mass is 10.2. The first-order valence-electron chi connectivity index (χ1n) is 8.41. The molecule has 1 saturated heterocycles. The first-order valence-corrected chi connectivity index (χ1v) is 9.56. The molecule has 1 aliphatic heterocycles. The van der Waals surface area contributed by atoms with Crippen LogP contribution in [-0.4, -0.2) is 71.5 Å². The summed E-state index contributed by atoms with van der Waals surface area (Å²) in [5.74, 6) is 1.91. The lowest BCUT2D eigenvalue weighted by Gasteiger charge is -2.30. The number of hydrogen-bond donors (Lipinski definition) is 0. The number of ether oxygens (including phenoxy) is 1. The van der Waals surface area contributed by atoms with Gasteiger partial charge in [0.1, 0.15) is 0 Å². The van der Waals surface area contributed by atoms with Gasteiger partial charge in [0.25, 0.3) is 0 Å². The summed E-state index contributed by atoms with van der Waals surface area (Å²) in [4.78, 5) is 28.5. The van der Waals surface area contributed by atoms with Crippen molar-refractivity contribution in [2.45, 2.75) is 44.7 Å². The molecule has 3 fully saturated rings. The molecule has 3 rings (SSSR count). The van der Waals surface area contributed by atoms with Crippen molar-refractivity contribution in [3.63, 3.8) is 0 Å². The summed E-state index contributed by atoms with van der Waals surface area (Å²) in [5, 5.41) is 0. The van der Waals surface area contributed by atoms with E-state index in [1.54, 1.807) is 0 Å². The summed E-state index contributed by atoms with van der Waals surface area (Å²) in [6.45, 7) is 4.81. The molecule has 0 bridgehead atoms. The second kappa shape index (κ2) is 7.21. The minimum Gasteiger partial charge on any atom is -0.378 e. The molecule has 2 amide bonds. The van der Waals surface area contributed by atoms with E-state index in [0.717, 1.165) is 12.8 Å². The number of carbonyl (C=O) groups is 2. The predicted octanol–water partition coefficient (Wildman–Crippen LogP) is 1.37. The highest BCUT2D eigenvalue weighted by atomic mass is 32.2. The third-order valence-electron chi connectivity index (χ3n) is 4.79. The largest absolute Gasteiger partial charge is 0.378 e. The molecule has 0 N–H and O–H groups in total. The Kier molecular flexibility index (Phi) is 5.29. The summed E-state index contributed by atoms with van der Waals surface area (Å²) < 4.78 is 5.25. The molecule has 3 aliphatic rings. The number of morpholine rings is 1. The van der Waals surface area contributed by atoms with Gasteiger partial charge in [-0.1, -0.05) is 0 Å². The van der Waals surface area contributed by atoms with E-state index in [-0.39, 0.29) is 11.8 Å². The molecule has 1 atom stereocenters. The van der Waals surface area contributed by atoms with Crippen molar-refractivity contribution >= 4 is 23.6 Å². The summed E-state index contributed by atoms with van der Waals surface area (Å²) in [6.07, 6.45) is 4.83. The average molecular weight is 326 g/mol. The Morgan fingerprint density at radius 1 is 1.18 bits per heavy atom. The lowest BCUT2D eigenvalue weighted by Crippen LogP contribution is -2.43. The van der Waals surface area contributed by atoms with Gasteiger partial charge in [-0.2, -0.15) is 0 Å². The van der Waals surface area contributed by atoms with Crippen LogP contribution in [0.25, 0.3) is 0 Å². The van der Waals surface area contributed by atoms with Gasteiger partial charge in [0.15, 0.2) is 0 Å². The van der Waals surface area contributed by atoms with Crippen LogP contribution < -0.4 is 0 Å². The molecule has 5 nitrogen and oxygen atoms in total.